The average molecular weight is 204 g/mol. The largest absolute Gasteiger partial charge is 0.263 e. The minimum atomic E-state index is 0.789. The Balaban J connectivity index is 0.000000461. The van der Waals surface area contributed by atoms with E-state index in [2.05, 4.69) is 11.1 Å². The van der Waals surface area contributed by atoms with E-state index in [1.165, 1.54) is 0 Å². The summed E-state index contributed by atoms with van der Waals surface area (Å²) in [4.78, 5) is 5.07. The zero-order valence-electron chi connectivity index (χ0n) is 8.53. The van der Waals surface area contributed by atoms with Gasteiger partial charge in [0.2, 0.25) is 0 Å². The summed E-state index contributed by atoms with van der Waals surface area (Å²) in [7, 11) is 0. The van der Waals surface area contributed by atoms with E-state index < -0.39 is 0 Å². The minimum absolute atomic E-state index is 0.789. The molecule has 2 aromatic rings. The number of hydrogen-bond acceptors (Lipinski definition) is 3. The summed E-state index contributed by atoms with van der Waals surface area (Å²) in [6, 6.07) is 4.09. The summed E-state index contributed by atoms with van der Waals surface area (Å²) in [6.45, 7) is 5.96. The van der Waals surface area contributed by atoms with Crippen molar-refractivity contribution in [1.29, 1.82) is 5.26 Å². The molecule has 2 heterocycles. The molecule has 2 nitrogen and oxygen atoms in total. The molecule has 14 heavy (non-hydrogen) atoms. The predicted octanol–water partition coefficient (Wildman–Crippen LogP) is 3.50. The molecule has 0 saturated heterocycles. The summed E-state index contributed by atoms with van der Waals surface area (Å²) in [5, 5.41) is 9.86. The van der Waals surface area contributed by atoms with Crippen molar-refractivity contribution in [3.05, 3.63) is 28.9 Å². The van der Waals surface area contributed by atoms with Gasteiger partial charge in [0, 0.05) is 22.7 Å². The smallest absolute Gasteiger partial charge is 0.101 e. The molecular weight excluding hydrogens is 192 g/mol. The van der Waals surface area contributed by atoms with E-state index in [1.807, 2.05) is 26.8 Å². The van der Waals surface area contributed by atoms with Gasteiger partial charge in [-0.15, -0.1) is 11.3 Å². The molecule has 0 amide bonds. The maximum Gasteiger partial charge on any atom is 0.101 e. The van der Waals surface area contributed by atoms with Gasteiger partial charge in [-0.1, -0.05) is 13.8 Å². The molecule has 0 aliphatic rings. The van der Waals surface area contributed by atoms with Crippen molar-refractivity contribution in [2.24, 2.45) is 0 Å². The molecule has 2 rings (SSSR count). The van der Waals surface area contributed by atoms with Crippen LogP contribution in [0, 0.1) is 18.3 Å². The molecule has 0 radical (unpaired) electrons. The van der Waals surface area contributed by atoms with Gasteiger partial charge < -0.3 is 0 Å². The highest BCUT2D eigenvalue weighted by molar-refractivity contribution is 7.19. The second kappa shape index (κ2) is 4.73. The predicted molar refractivity (Wildman–Crippen MR) is 60.4 cm³/mol. The van der Waals surface area contributed by atoms with Crippen LogP contribution in [0.25, 0.3) is 10.1 Å². The Labute approximate surface area is 87.8 Å². The molecule has 0 aliphatic heterocycles. The molecule has 0 N–H and O–H groups in total. The number of aromatic nitrogens is 1. The molecule has 0 saturated carbocycles. The molecule has 0 bridgehead atoms. The molecule has 0 aromatic carbocycles. The quantitative estimate of drug-likeness (QED) is 0.658. The zero-order valence-corrected chi connectivity index (χ0v) is 9.35. The number of hydrogen-bond donors (Lipinski definition) is 0. The van der Waals surface area contributed by atoms with Crippen LogP contribution in [0.1, 0.15) is 24.3 Å². The van der Waals surface area contributed by atoms with Gasteiger partial charge >= 0.3 is 0 Å². The fraction of sp³-hybridized carbons (Fsp3) is 0.273. The number of fused-ring (bicyclic) bond motifs is 1. The second-order valence-electron chi connectivity index (χ2n) is 2.52. The van der Waals surface area contributed by atoms with Gasteiger partial charge in [0.15, 0.2) is 0 Å². The second-order valence-corrected chi connectivity index (χ2v) is 3.77. The van der Waals surface area contributed by atoms with Crippen molar-refractivity contribution in [1.82, 2.24) is 4.98 Å². The standard InChI is InChI=1S/C9H6N2S.C2H6/c1-6-8(4-10)7-2-3-11-5-9(7)12-6;1-2/h2-3,5H,1H3;1-2H3. The molecule has 0 spiro atoms. The van der Waals surface area contributed by atoms with Crippen molar-refractivity contribution in [3.63, 3.8) is 0 Å². The van der Waals surface area contributed by atoms with Crippen molar-refractivity contribution >= 4 is 21.4 Å². The van der Waals surface area contributed by atoms with E-state index in [0.717, 1.165) is 20.5 Å². The molecular formula is C11H12N2S. The maximum atomic E-state index is 8.84. The minimum Gasteiger partial charge on any atom is -0.263 e. The Morgan fingerprint density at radius 3 is 2.79 bits per heavy atom. The third kappa shape index (κ3) is 1.75. The van der Waals surface area contributed by atoms with E-state index >= 15 is 0 Å². The van der Waals surface area contributed by atoms with Gasteiger partial charge in [0.05, 0.1) is 10.3 Å². The summed E-state index contributed by atoms with van der Waals surface area (Å²) in [6.07, 6.45) is 3.52. The van der Waals surface area contributed by atoms with E-state index in [9.17, 15) is 0 Å². The SMILES string of the molecule is CC.Cc1sc2cnccc2c1C#N. The maximum absolute atomic E-state index is 8.84. The molecule has 0 fully saturated rings. The lowest BCUT2D eigenvalue weighted by molar-refractivity contribution is 1.37. The number of nitrogens with zero attached hydrogens (tertiary/aromatic N) is 2. The van der Waals surface area contributed by atoms with Gasteiger partial charge in [0.1, 0.15) is 6.07 Å². The van der Waals surface area contributed by atoms with E-state index in [1.54, 1.807) is 23.7 Å². The van der Waals surface area contributed by atoms with Crippen LogP contribution in [0.3, 0.4) is 0 Å². The van der Waals surface area contributed by atoms with E-state index in [0.29, 0.717) is 0 Å². The van der Waals surface area contributed by atoms with Crippen LogP contribution in [0.15, 0.2) is 18.5 Å². The highest BCUT2D eigenvalue weighted by Gasteiger charge is 2.06. The number of nitriles is 1. The number of thiophene rings is 1. The fourth-order valence-electron chi connectivity index (χ4n) is 1.21. The first kappa shape index (κ1) is 10.7. The van der Waals surface area contributed by atoms with Gasteiger partial charge in [-0.2, -0.15) is 5.26 Å². The first-order valence-corrected chi connectivity index (χ1v) is 5.38. The Kier molecular flexibility index (Phi) is 3.61. The Morgan fingerprint density at radius 2 is 2.14 bits per heavy atom. The van der Waals surface area contributed by atoms with Crippen LogP contribution in [0.4, 0.5) is 0 Å². The molecule has 72 valence electrons. The summed E-state index contributed by atoms with van der Waals surface area (Å²) < 4.78 is 1.09. The molecule has 2 aromatic heterocycles. The number of rotatable bonds is 0. The Morgan fingerprint density at radius 1 is 1.43 bits per heavy atom. The van der Waals surface area contributed by atoms with Crippen LogP contribution in [-0.2, 0) is 0 Å². The molecule has 3 heteroatoms. The van der Waals surface area contributed by atoms with Crippen molar-refractivity contribution in [2.75, 3.05) is 0 Å². The highest BCUT2D eigenvalue weighted by atomic mass is 32.1. The summed E-state index contributed by atoms with van der Waals surface area (Å²) in [5.41, 5.74) is 0.789. The average Bonchev–Trinajstić information content (AvgIpc) is 2.56. The van der Waals surface area contributed by atoms with Gasteiger partial charge in [0.25, 0.3) is 0 Å². The zero-order chi connectivity index (χ0) is 10.6. The van der Waals surface area contributed by atoms with E-state index in [4.69, 9.17) is 5.26 Å². The first-order valence-electron chi connectivity index (χ1n) is 4.56. The lowest BCUT2D eigenvalue weighted by Gasteiger charge is -1.85. The Bertz CT molecular complexity index is 466. The lowest BCUT2D eigenvalue weighted by Crippen LogP contribution is -1.73. The third-order valence-corrected chi connectivity index (χ3v) is 2.84. The normalized spacial score (nSPS) is 9.00. The monoisotopic (exact) mass is 204 g/mol. The summed E-state index contributed by atoms with van der Waals surface area (Å²) >= 11 is 1.62. The van der Waals surface area contributed by atoms with Crippen LogP contribution in [0.5, 0.6) is 0 Å². The fourth-order valence-corrected chi connectivity index (χ4v) is 2.19. The highest BCUT2D eigenvalue weighted by Crippen LogP contribution is 2.28. The lowest BCUT2D eigenvalue weighted by atomic mass is 10.2. The van der Waals surface area contributed by atoms with Crippen molar-refractivity contribution < 1.29 is 0 Å². The van der Waals surface area contributed by atoms with Crippen LogP contribution < -0.4 is 0 Å². The number of pyridine rings is 1. The van der Waals surface area contributed by atoms with Gasteiger partial charge in [-0.3, -0.25) is 4.98 Å². The molecule has 0 aliphatic carbocycles. The first-order chi connectivity index (χ1) is 6.83. The summed E-state index contributed by atoms with van der Waals surface area (Å²) in [5.74, 6) is 0. The van der Waals surface area contributed by atoms with Crippen LogP contribution in [-0.4, -0.2) is 4.98 Å². The van der Waals surface area contributed by atoms with Crippen molar-refractivity contribution in [2.45, 2.75) is 20.8 Å². The van der Waals surface area contributed by atoms with Crippen molar-refractivity contribution in [3.8, 4) is 6.07 Å². The van der Waals surface area contributed by atoms with Gasteiger partial charge in [-0.05, 0) is 13.0 Å². The topological polar surface area (TPSA) is 36.7 Å². The third-order valence-electron chi connectivity index (χ3n) is 1.78. The van der Waals surface area contributed by atoms with Gasteiger partial charge in [-0.25, -0.2) is 0 Å². The van der Waals surface area contributed by atoms with Crippen LogP contribution >= 0.6 is 11.3 Å². The molecule has 0 atom stereocenters. The number of aryl methyl sites for hydroxylation is 1. The molecule has 0 unspecified atom stereocenters. The van der Waals surface area contributed by atoms with Crippen LogP contribution in [0.2, 0.25) is 0 Å². The Hall–Kier alpha value is -1.40. The van der Waals surface area contributed by atoms with E-state index in [-0.39, 0.29) is 0 Å².